The number of aromatic nitrogens is 1. The van der Waals surface area contributed by atoms with Gasteiger partial charge in [0.05, 0.1) is 11.9 Å². The Morgan fingerprint density at radius 3 is 1.73 bits per heavy atom. The van der Waals surface area contributed by atoms with E-state index < -0.39 is 0 Å². The number of aryl methyl sites for hydroxylation is 1. The lowest BCUT2D eigenvalue weighted by atomic mass is 10.3. The molecule has 0 amide bonds. The Morgan fingerprint density at radius 1 is 1.00 bits per heavy atom. The highest BCUT2D eigenvalue weighted by molar-refractivity contribution is 5.34. The van der Waals surface area contributed by atoms with Crippen molar-refractivity contribution in [1.82, 2.24) is 4.98 Å². The average Bonchev–Trinajstić information content (AvgIpc) is 2.38. The Kier molecular flexibility index (Phi) is 24.3. The minimum atomic E-state index is 0.729. The van der Waals surface area contributed by atoms with E-state index >= 15 is 0 Å². The fourth-order valence-corrected chi connectivity index (χ4v) is 0.645. The van der Waals surface area contributed by atoms with Gasteiger partial charge < -0.3 is 5.73 Å². The Morgan fingerprint density at radius 2 is 1.47 bits per heavy atom. The maximum atomic E-state index is 5.42. The van der Waals surface area contributed by atoms with Crippen molar-refractivity contribution in [3.63, 3.8) is 0 Å². The lowest BCUT2D eigenvalue weighted by molar-refractivity contribution is 1.04. The number of hydrogen-bond acceptors (Lipinski definition) is 2. The van der Waals surface area contributed by atoms with Gasteiger partial charge in [0.2, 0.25) is 0 Å². The van der Waals surface area contributed by atoms with Gasteiger partial charge in [0.25, 0.3) is 0 Å². The predicted octanol–water partition coefficient (Wildman–Crippen LogP) is 4.30. The van der Waals surface area contributed by atoms with Crippen molar-refractivity contribution in [3.8, 4) is 0 Å². The molecule has 0 bridgehead atoms. The number of pyridine rings is 1. The zero-order chi connectivity index (χ0) is 12.7. The average molecular weight is 212 g/mol. The van der Waals surface area contributed by atoms with Gasteiger partial charge in [0, 0.05) is 5.69 Å². The van der Waals surface area contributed by atoms with Crippen molar-refractivity contribution >= 4 is 5.69 Å². The van der Waals surface area contributed by atoms with Gasteiger partial charge in [-0.3, -0.25) is 4.98 Å². The summed E-state index contributed by atoms with van der Waals surface area (Å²) in [6.07, 6.45) is 2.65. The summed E-state index contributed by atoms with van der Waals surface area (Å²) in [6.45, 7) is 14.1. The van der Waals surface area contributed by atoms with Crippen LogP contribution in [0.2, 0.25) is 0 Å². The fourth-order valence-electron chi connectivity index (χ4n) is 0.645. The first-order chi connectivity index (χ1) is 7.33. The molecule has 1 aromatic rings. The number of anilines is 1. The van der Waals surface area contributed by atoms with Crippen LogP contribution in [0.3, 0.4) is 0 Å². The highest BCUT2D eigenvalue weighted by Crippen LogP contribution is 2.00. The maximum Gasteiger partial charge on any atom is 0.0501 e. The summed E-state index contributed by atoms with van der Waals surface area (Å²) in [5.74, 6) is 0. The van der Waals surface area contributed by atoms with Crippen LogP contribution in [-0.2, 0) is 6.42 Å². The van der Waals surface area contributed by atoms with Crippen molar-refractivity contribution in [2.45, 2.75) is 54.9 Å². The topological polar surface area (TPSA) is 38.9 Å². The highest BCUT2D eigenvalue weighted by Gasteiger charge is 1.86. The Hall–Kier alpha value is -1.05. The molecule has 0 fully saturated rings. The predicted molar refractivity (Wildman–Crippen MR) is 72.1 cm³/mol. The van der Waals surface area contributed by atoms with Crippen molar-refractivity contribution in [2.24, 2.45) is 0 Å². The van der Waals surface area contributed by atoms with Gasteiger partial charge in [0.15, 0.2) is 0 Å². The molecule has 0 saturated heterocycles. The molecule has 15 heavy (non-hydrogen) atoms. The van der Waals surface area contributed by atoms with E-state index in [4.69, 9.17) is 5.73 Å². The molecule has 90 valence electrons. The summed E-state index contributed by atoms with van der Waals surface area (Å²) in [5.41, 5.74) is 7.23. The lowest BCUT2D eigenvalue weighted by Crippen LogP contribution is -1.89. The second kappa shape index (κ2) is 18.7. The number of hydrogen-bond donors (Lipinski definition) is 1. The second-order valence-electron chi connectivity index (χ2n) is 1.94. The molecule has 0 aromatic carbocycles. The zero-order valence-electron chi connectivity index (χ0n) is 11.5. The third kappa shape index (κ3) is 12.9. The van der Waals surface area contributed by atoms with Crippen molar-refractivity contribution < 1.29 is 0 Å². The van der Waals surface area contributed by atoms with Crippen LogP contribution < -0.4 is 5.73 Å². The van der Waals surface area contributed by atoms with Crippen LogP contribution in [0.25, 0.3) is 0 Å². The van der Waals surface area contributed by atoms with E-state index in [1.165, 1.54) is 0 Å². The third-order valence-corrected chi connectivity index (χ3v) is 1.21. The Bertz CT molecular complexity index is 180. The molecule has 1 aromatic heterocycles. The fraction of sp³-hybridized carbons (Fsp3) is 0.615. The third-order valence-electron chi connectivity index (χ3n) is 1.21. The van der Waals surface area contributed by atoms with Crippen LogP contribution in [0, 0.1) is 0 Å². The van der Waals surface area contributed by atoms with Crippen LogP contribution in [0.4, 0.5) is 5.69 Å². The molecule has 0 unspecified atom stereocenters. The van der Waals surface area contributed by atoms with Crippen LogP contribution in [-0.4, -0.2) is 4.98 Å². The molecule has 1 rings (SSSR count). The molecule has 0 spiro atoms. The van der Waals surface area contributed by atoms with Crippen LogP contribution in [0.1, 0.15) is 54.2 Å². The standard InChI is InChI=1S/C7H10N2.3C2H6/c1-2-7-4-3-6(8)5-9-7;3*1-2/h3-5H,2,8H2,1H3;3*1-2H3. The van der Waals surface area contributed by atoms with Crippen LogP contribution >= 0.6 is 0 Å². The first-order valence-corrected chi connectivity index (χ1v) is 6.03. The number of nitrogen functional groups attached to an aromatic ring is 1. The molecule has 2 N–H and O–H groups in total. The van der Waals surface area contributed by atoms with Gasteiger partial charge in [-0.15, -0.1) is 0 Å². The number of nitrogens with zero attached hydrogens (tertiary/aromatic N) is 1. The van der Waals surface area contributed by atoms with E-state index in [1.807, 2.05) is 53.7 Å². The Balaban J connectivity index is -0.000000208. The van der Waals surface area contributed by atoms with Crippen LogP contribution in [0.5, 0.6) is 0 Å². The molecule has 2 heteroatoms. The first kappa shape index (κ1) is 19.5. The van der Waals surface area contributed by atoms with Gasteiger partial charge in [-0.05, 0) is 18.6 Å². The molecule has 2 nitrogen and oxygen atoms in total. The largest absolute Gasteiger partial charge is 0.397 e. The molecule has 0 radical (unpaired) electrons. The molecular weight excluding hydrogens is 184 g/mol. The second-order valence-corrected chi connectivity index (χ2v) is 1.94. The SMILES string of the molecule is CC.CC.CC.CCc1ccc(N)cn1. The van der Waals surface area contributed by atoms with Crippen molar-refractivity contribution in [1.29, 1.82) is 0 Å². The quantitative estimate of drug-likeness (QED) is 0.753. The molecule has 0 aliphatic carbocycles. The van der Waals surface area contributed by atoms with Gasteiger partial charge >= 0.3 is 0 Å². The molecule has 0 aliphatic heterocycles. The molecule has 0 aliphatic rings. The number of rotatable bonds is 1. The highest BCUT2D eigenvalue weighted by atomic mass is 14.7. The summed E-state index contributed by atoms with van der Waals surface area (Å²) < 4.78 is 0. The summed E-state index contributed by atoms with van der Waals surface area (Å²) in [4.78, 5) is 4.07. The zero-order valence-corrected chi connectivity index (χ0v) is 11.5. The molecule has 0 atom stereocenters. The van der Waals surface area contributed by atoms with Gasteiger partial charge in [-0.2, -0.15) is 0 Å². The van der Waals surface area contributed by atoms with Crippen molar-refractivity contribution in [2.75, 3.05) is 5.73 Å². The van der Waals surface area contributed by atoms with Gasteiger partial charge in [-0.25, -0.2) is 0 Å². The molecular formula is C13H28N2. The number of nitrogens with two attached hydrogens (primary N) is 1. The van der Waals surface area contributed by atoms with E-state index in [-0.39, 0.29) is 0 Å². The smallest absolute Gasteiger partial charge is 0.0501 e. The first-order valence-electron chi connectivity index (χ1n) is 6.03. The minimum Gasteiger partial charge on any atom is -0.397 e. The van der Waals surface area contributed by atoms with E-state index in [1.54, 1.807) is 6.20 Å². The monoisotopic (exact) mass is 212 g/mol. The van der Waals surface area contributed by atoms with E-state index in [0.717, 1.165) is 17.8 Å². The molecule has 0 saturated carbocycles. The van der Waals surface area contributed by atoms with E-state index in [0.29, 0.717) is 0 Å². The lowest BCUT2D eigenvalue weighted by Gasteiger charge is -1.93. The summed E-state index contributed by atoms with van der Waals surface area (Å²) in [6, 6.07) is 3.81. The normalized spacial score (nSPS) is 6.87. The van der Waals surface area contributed by atoms with Crippen LogP contribution in [0.15, 0.2) is 18.3 Å². The Labute approximate surface area is 95.9 Å². The van der Waals surface area contributed by atoms with E-state index in [9.17, 15) is 0 Å². The maximum absolute atomic E-state index is 5.42. The van der Waals surface area contributed by atoms with Gasteiger partial charge in [0.1, 0.15) is 0 Å². The summed E-state index contributed by atoms with van der Waals surface area (Å²) in [7, 11) is 0. The van der Waals surface area contributed by atoms with Gasteiger partial charge in [-0.1, -0.05) is 48.5 Å². The minimum absolute atomic E-state index is 0.729. The summed E-state index contributed by atoms with van der Waals surface area (Å²) in [5, 5.41) is 0. The van der Waals surface area contributed by atoms with E-state index in [2.05, 4.69) is 11.9 Å². The summed E-state index contributed by atoms with van der Waals surface area (Å²) >= 11 is 0. The van der Waals surface area contributed by atoms with Crippen molar-refractivity contribution in [3.05, 3.63) is 24.0 Å². The molecule has 1 heterocycles.